The van der Waals surface area contributed by atoms with Crippen molar-refractivity contribution < 1.29 is 52.7 Å². The molecule has 1 aliphatic heterocycles. The number of nitrogens with two attached hydrogens (primary N) is 7. The van der Waals surface area contributed by atoms with Gasteiger partial charge in [-0.25, -0.2) is 0 Å². The number of primary amides is 7. The van der Waals surface area contributed by atoms with Gasteiger partial charge in [-0.1, -0.05) is 70.2 Å². The molecule has 1 saturated heterocycles. The normalized spacial score (nSPS) is 27.4. The third-order valence-corrected chi connectivity index (χ3v) is 13.4. The summed E-state index contributed by atoms with van der Waals surface area (Å²) in [6.45, 7) is 12.9. The molecule has 18 N–H and O–H groups in total. The molecule has 396 valence electrons. The second-order valence-electron chi connectivity index (χ2n) is 19.7. The van der Waals surface area contributed by atoms with Crippen molar-refractivity contribution in [3.63, 3.8) is 0 Å². The summed E-state index contributed by atoms with van der Waals surface area (Å²) >= 11 is 0. The maximum atomic E-state index is 14.0. The quantitative estimate of drug-likeness (QED) is 0.116. The standard InChI is InChI=1S/C45H79N11O11.2CH4/c1-20(2)31(41(52)63)17-30-13-26(37(48)59)9-24(35(46)57)10-27(38(49)60)14-33(22(5)6)44(66)55-19-56-45(67)34(23(7)8)16-29(40(51)62)12-25(36(47)58)11-28(39(50)61)15-32(21(3)4)43(65)54-18-53-42(30)64;;/h20-34H,9-19H2,1-8H3,(H2,46,57)(H2,47,58)(H2,48,59)(H2,49,60)(H2,50,61)(H2,51,62)(H2,52,63)(H,53,64)(H,54,65)(H,55,66)(H,56,67);2*1H4. The molecule has 0 saturated carbocycles. The molecule has 0 aromatic heterocycles. The van der Waals surface area contributed by atoms with E-state index in [4.69, 9.17) is 40.1 Å². The first-order chi connectivity index (χ1) is 31.0. The molecule has 69 heavy (non-hydrogen) atoms. The van der Waals surface area contributed by atoms with Crippen LogP contribution in [0.15, 0.2) is 0 Å². The first kappa shape index (κ1) is 65.3. The summed E-state index contributed by atoms with van der Waals surface area (Å²) < 4.78 is 0. The molecule has 11 amide bonds. The molecule has 0 aromatic carbocycles. The van der Waals surface area contributed by atoms with Gasteiger partial charge in [-0.2, -0.15) is 0 Å². The minimum atomic E-state index is -1.22. The SMILES string of the molecule is C.C.CC(C)C(CC1CC(C(N)=O)CC(C(N)=O)CC(C(N)=O)CC(C(C)C)C(=O)NCNC(=O)C(C(C)C)CC(C(N)=O)CC(C(N)=O)CC(C(N)=O)CC(C(C)C)C(=O)NCNC1=O)C(N)=O. The molecular weight excluding hydrogens is 895 g/mol. The van der Waals surface area contributed by atoms with Gasteiger partial charge in [0.1, 0.15) is 0 Å². The van der Waals surface area contributed by atoms with Crippen molar-refractivity contribution in [2.75, 3.05) is 13.3 Å². The Kier molecular flexibility index (Phi) is 29.0. The Morgan fingerprint density at radius 2 is 0.638 bits per heavy atom. The molecule has 0 aliphatic carbocycles. The van der Waals surface area contributed by atoms with E-state index >= 15 is 0 Å². The Bertz CT molecular complexity index is 1790. The number of amides is 11. The Morgan fingerprint density at radius 1 is 0.406 bits per heavy atom. The molecule has 22 nitrogen and oxygen atoms in total. The van der Waals surface area contributed by atoms with Gasteiger partial charge in [-0.05, 0) is 81.5 Å². The van der Waals surface area contributed by atoms with E-state index < -0.39 is 149 Å². The fourth-order valence-electron chi connectivity index (χ4n) is 8.96. The first-order valence-electron chi connectivity index (χ1n) is 23.2. The van der Waals surface area contributed by atoms with E-state index in [1.165, 1.54) is 0 Å². The van der Waals surface area contributed by atoms with Crippen molar-refractivity contribution in [1.82, 2.24) is 21.3 Å². The van der Waals surface area contributed by atoms with Gasteiger partial charge >= 0.3 is 0 Å². The summed E-state index contributed by atoms with van der Waals surface area (Å²) in [5.74, 6) is -21.4. The minimum absolute atomic E-state index is 0. The summed E-state index contributed by atoms with van der Waals surface area (Å²) in [5.41, 5.74) is 40.6. The Balaban J connectivity index is 0. The molecule has 0 aromatic rings. The maximum Gasteiger partial charge on any atom is 0.224 e. The lowest BCUT2D eigenvalue weighted by atomic mass is 9.76. The Morgan fingerprint density at radius 3 is 0.855 bits per heavy atom. The van der Waals surface area contributed by atoms with Crippen LogP contribution >= 0.6 is 0 Å². The van der Waals surface area contributed by atoms with E-state index in [1.807, 2.05) is 0 Å². The van der Waals surface area contributed by atoms with Crippen LogP contribution in [-0.4, -0.2) is 78.3 Å². The summed E-state index contributed by atoms with van der Waals surface area (Å²) in [4.78, 5) is 145. The van der Waals surface area contributed by atoms with Gasteiger partial charge in [0.2, 0.25) is 65.0 Å². The molecule has 0 radical (unpaired) electrons. The smallest absolute Gasteiger partial charge is 0.224 e. The summed E-state index contributed by atoms with van der Waals surface area (Å²) in [5, 5.41) is 10.5. The monoisotopic (exact) mass is 982 g/mol. The van der Waals surface area contributed by atoms with Crippen molar-refractivity contribution in [2.45, 2.75) is 128 Å². The average Bonchev–Trinajstić information content (AvgIpc) is 3.19. The Labute approximate surface area is 408 Å². The van der Waals surface area contributed by atoms with Gasteiger partial charge in [-0.3, -0.25) is 52.7 Å². The average molecular weight is 982 g/mol. The summed E-state index contributed by atoms with van der Waals surface area (Å²) in [6, 6.07) is 0. The fraction of sp³-hybridized carbons (Fsp3) is 0.766. The van der Waals surface area contributed by atoms with Crippen LogP contribution in [0.5, 0.6) is 0 Å². The fourth-order valence-corrected chi connectivity index (χ4v) is 8.96. The van der Waals surface area contributed by atoms with Gasteiger partial charge in [0.15, 0.2) is 0 Å². The van der Waals surface area contributed by atoms with E-state index in [9.17, 15) is 52.7 Å². The highest BCUT2D eigenvalue weighted by Crippen LogP contribution is 2.34. The first-order valence-corrected chi connectivity index (χ1v) is 23.2. The lowest BCUT2D eigenvalue weighted by molar-refractivity contribution is -0.132. The number of hydrogen-bond acceptors (Lipinski definition) is 11. The van der Waals surface area contributed by atoms with Gasteiger partial charge in [0.05, 0.1) is 13.3 Å². The number of carbonyl (C=O) groups is 11. The lowest BCUT2D eigenvalue weighted by Crippen LogP contribution is -2.46. The zero-order valence-corrected chi connectivity index (χ0v) is 40.5. The number of carbonyl (C=O) groups excluding carboxylic acids is 11. The van der Waals surface area contributed by atoms with Crippen LogP contribution in [0.4, 0.5) is 0 Å². The van der Waals surface area contributed by atoms with Crippen molar-refractivity contribution in [3.8, 4) is 0 Å². The van der Waals surface area contributed by atoms with Gasteiger partial charge < -0.3 is 61.4 Å². The molecule has 22 heteroatoms. The lowest BCUT2D eigenvalue weighted by Gasteiger charge is -2.30. The molecule has 11 atom stereocenters. The summed E-state index contributed by atoms with van der Waals surface area (Å²) in [7, 11) is 0. The van der Waals surface area contributed by atoms with Gasteiger partial charge in [-0.15, -0.1) is 0 Å². The van der Waals surface area contributed by atoms with Crippen molar-refractivity contribution in [3.05, 3.63) is 0 Å². The minimum Gasteiger partial charge on any atom is -0.369 e. The van der Waals surface area contributed by atoms with Crippen LogP contribution in [0.1, 0.15) is 128 Å². The van der Waals surface area contributed by atoms with Gasteiger partial charge in [0.25, 0.3) is 0 Å². The highest BCUT2D eigenvalue weighted by molar-refractivity contribution is 5.87. The predicted octanol–water partition coefficient (Wildman–Crippen LogP) is -0.0378. The van der Waals surface area contributed by atoms with E-state index in [-0.39, 0.29) is 91.1 Å². The van der Waals surface area contributed by atoms with Crippen LogP contribution in [0.3, 0.4) is 0 Å². The van der Waals surface area contributed by atoms with Crippen molar-refractivity contribution >= 4 is 65.0 Å². The third kappa shape index (κ3) is 21.6. The topological polar surface area (TPSA) is 418 Å². The van der Waals surface area contributed by atoms with E-state index in [0.29, 0.717) is 0 Å². The molecular formula is C47H87N11O11. The predicted molar refractivity (Wildman–Crippen MR) is 259 cm³/mol. The van der Waals surface area contributed by atoms with Crippen LogP contribution in [0.2, 0.25) is 0 Å². The van der Waals surface area contributed by atoms with E-state index in [2.05, 4.69) is 21.3 Å². The maximum absolute atomic E-state index is 14.0. The zero-order chi connectivity index (χ0) is 51.6. The summed E-state index contributed by atoms with van der Waals surface area (Å²) in [6.07, 6.45) is -2.02. The van der Waals surface area contributed by atoms with E-state index in [0.717, 1.165) is 0 Å². The highest BCUT2D eigenvalue weighted by Gasteiger charge is 2.39. The number of nitrogens with one attached hydrogen (secondary N) is 4. The molecule has 11 unspecified atom stereocenters. The molecule has 1 heterocycles. The molecule has 0 spiro atoms. The largest absolute Gasteiger partial charge is 0.369 e. The van der Waals surface area contributed by atoms with Crippen LogP contribution in [0.25, 0.3) is 0 Å². The van der Waals surface area contributed by atoms with Gasteiger partial charge in [0, 0.05) is 65.1 Å². The molecule has 1 rings (SSSR count). The molecule has 1 aliphatic rings. The second-order valence-corrected chi connectivity index (χ2v) is 19.7. The third-order valence-electron chi connectivity index (χ3n) is 13.4. The van der Waals surface area contributed by atoms with Crippen LogP contribution < -0.4 is 61.4 Å². The Hall–Kier alpha value is -5.83. The molecule has 0 bridgehead atoms. The zero-order valence-electron chi connectivity index (χ0n) is 40.5. The highest BCUT2D eigenvalue weighted by atomic mass is 16.2. The van der Waals surface area contributed by atoms with Crippen molar-refractivity contribution in [2.24, 2.45) is 129 Å². The van der Waals surface area contributed by atoms with Crippen LogP contribution in [-0.2, 0) is 52.7 Å². The number of hydrogen-bond donors (Lipinski definition) is 11. The second kappa shape index (κ2) is 30.6. The van der Waals surface area contributed by atoms with Crippen LogP contribution in [0, 0.1) is 88.8 Å². The van der Waals surface area contributed by atoms with Crippen molar-refractivity contribution in [1.29, 1.82) is 0 Å². The number of rotatable bonds is 13. The van der Waals surface area contributed by atoms with E-state index in [1.54, 1.807) is 55.4 Å². The molecule has 1 fully saturated rings.